The molecule has 0 aromatic heterocycles. The Morgan fingerprint density at radius 2 is 2.38 bits per heavy atom. The van der Waals surface area contributed by atoms with Crippen LogP contribution in [0.3, 0.4) is 0 Å². The topological polar surface area (TPSA) is 41.9 Å². The number of likely N-dealkylation sites (N-methyl/N-ethyl adjacent to an activating group) is 1. The van der Waals surface area contributed by atoms with Crippen LogP contribution in [0.4, 0.5) is 0 Å². The van der Waals surface area contributed by atoms with E-state index >= 15 is 0 Å². The Morgan fingerprint density at radius 1 is 1.62 bits per heavy atom. The van der Waals surface area contributed by atoms with Crippen molar-refractivity contribution in [3.05, 3.63) is 0 Å². The lowest BCUT2D eigenvalue weighted by atomic mass is 10.2. The fraction of sp³-hybridized carbons (Fsp3) is 1.00. The standard InChI is InChI=1S/C9H19NO3/c1-8(6-11)10(2)5-9-3-4-12-7-13-9/h8-9,11H,3-7H2,1-2H3. The highest BCUT2D eigenvalue weighted by Gasteiger charge is 2.18. The zero-order chi connectivity index (χ0) is 9.68. The van der Waals surface area contributed by atoms with Crippen LogP contribution in [-0.4, -0.2) is 55.8 Å². The molecular weight excluding hydrogens is 170 g/mol. The van der Waals surface area contributed by atoms with Crippen molar-refractivity contribution in [2.75, 3.05) is 33.6 Å². The molecule has 1 saturated heterocycles. The van der Waals surface area contributed by atoms with Gasteiger partial charge in [0.1, 0.15) is 6.79 Å². The molecule has 0 aliphatic carbocycles. The summed E-state index contributed by atoms with van der Waals surface area (Å²) >= 11 is 0. The minimum Gasteiger partial charge on any atom is -0.395 e. The molecule has 0 radical (unpaired) electrons. The second-order valence-electron chi connectivity index (χ2n) is 3.57. The number of aliphatic hydroxyl groups excluding tert-OH is 1. The summed E-state index contributed by atoms with van der Waals surface area (Å²) in [6, 6.07) is 0.200. The monoisotopic (exact) mass is 189 g/mol. The largest absolute Gasteiger partial charge is 0.395 e. The smallest absolute Gasteiger partial charge is 0.147 e. The van der Waals surface area contributed by atoms with E-state index < -0.39 is 0 Å². The van der Waals surface area contributed by atoms with E-state index in [0.29, 0.717) is 6.79 Å². The highest BCUT2D eigenvalue weighted by Crippen LogP contribution is 2.08. The number of rotatable bonds is 4. The van der Waals surface area contributed by atoms with Crippen LogP contribution in [0.1, 0.15) is 13.3 Å². The van der Waals surface area contributed by atoms with Crippen LogP contribution in [-0.2, 0) is 9.47 Å². The van der Waals surface area contributed by atoms with Gasteiger partial charge >= 0.3 is 0 Å². The van der Waals surface area contributed by atoms with Gasteiger partial charge in [0.05, 0.1) is 19.3 Å². The molecule has 0 spiro atoms. The van der Waals surface area contributed by atoms with E-state index in [0.717, 1.165) is 19.6 Å². The van der Waals surface area contributed by atoms with E-state index in [1.807, 2.05) is 14.0 Å². The van der Waals surface area contributed by atoms with E-state index in [9.17, 15) is 0 Å². The molecule has 2 atom stereocenters. The van der Waals surface area contributed by atoms with Gasteiger partial charge in [0.2, 0.25) is 0 Å². The third kappa shape index (κ3) is 3.60. The summed E-state index contributed by atoms with van der Waals surface area (Å²) in [5, 5.41) is 8.93. The Hall–Kier alpha value is -0.160. The molecule has 0 aromatic carbocycles. The third-order valence-electron chi connectivity index (χ3n) is 2.48. The molecule has 0 bridgehead atoms. The lowest BCUT2D eigenvalue weighted by Gasteiger charge is -2.30. The Balaban J connectivity index is 2.21. The van der Waals surface area contributed by atoms with E-state index in [4.69, 9.17) is 14.6 Å². The van der Waals surface area contributed by atoms with Gasteiger partial charge in [-0.3, -0.25) is 4.90 Å². The highest BCUT2D eigenvalue weighted by molar-refractivity contribution is 4.69. The van der Waals surface area contributed by atoms with Crippen LogP contribution in [0.5, 0.6) is 0 Å². The molecule has 1 aliphatic rings. The Kier molecular flexibility index (Phi) is 4.66. The number of aliphatic hydroxyl groups is 1. The predicted molar refractivity (Wildman–Crippen MR) is 49.5 cm³/mol. The maximum absolute atomic E-state index is 8.93. The summed E-state index contributed by atoms with van der Waals surface area (Å²) in [6.07, 6.45) is 1.20. The molecule has 1 heterocycles. The van der Waals surface area contributed by atoms with Gasteiger partial charge < -0.3 is 14.6 Å². The first-order chi connectivity index (χ1) is 6.24. The molecule has 0 aromatic rings. The lowest BCUT2D eigenvalue weighted by molar-refractivity contribution is -0.145. The maximum atomic E-state index is 8.93. The highest BCUT2D eigenvalue weighted by atomic mass is 16.7. The SMILES string of the molecule is CC(CO)N(C)CC1CCOCO1. The zero-order valence-electron chi connectivity index (χ0n) is 8.40. The molecule has 0 amide bonds. The minimum absolute atomic E-state index is 0.194. The minimum atomic E-state index is 0.194. The van der Waals surface area contributed by atoms with Crippen molar-refractivity contribution < 1.29 is 14.6 Å². The Bertz CT molecular complexity index is 137. The van der Waals surface area contributed by atoms with Gasteiger partial charge in [0, 0.05) is 12.6 Å². The van der Waals surface area contributed by atoms with Crippen LogP contribution < -0.4 is 0 Å². The molecule has 1 fully saturated rings. The van der Waals surface area contributed by atoms with Gasteiger partial charge in [-0.2, -0.15) is 0 Å². The summed E-state index contributed by atoms with van der Waals surface area (Å²) in [7, 11) is 2.00. The molecule has 4 nitrogen and oxygen atoms in total. The van der Waals surface area contributed by atoms with Gasteiger partial charge in [0.15, 0.2) is 0 Å². The van der Waals surface area contributed by atoms with Gasteiger partial charge in [-0.25, -0.2) is 0 Å². The van der Waals surface area contributed by atoms with Gasteiger partial charge in [-0.15, -0.1) is 0 Å². The normalized spacial score (nSPS) is 26.3. The molecule has 2 unspecified atom stereocenters. The van der Waals surface area contributed by atoms with E-state index in [1.54, 1.807) is 0 Å². The predicted octanol–water partition coefficient (Wildman–Crippen LogP) is 0.0620. The summed E-state index contributed by atoms with van der Waals surface area (Å²) in [5.74, 6) is 0. The zero-order valence-corrected chi connectivity index (χ0v) is 8.40. The maximum Gasteiger partial charge on any atom is 0.147 e. The van der Waals surface area contributed by atoms with Crippen molar-refractivity contribution in [3.8, 4) is 0 Å². The summed E-state index contributed by atoms with van der Waals surface area (Å²) in [5.41, 5.74) is 0. The van der Waals surface area contributed by atoms with Crippen molar-refractivity contribution in [1.29, 1.82) is 0 Å². The summed E-state index contributed by atoms with van der Waals surface area (Å²) < 4.78 is 10.5. The van der Waals surface area contributed by atoms with Gasteiger partial charge in [0.25, 0.3) is 0 Å². The third-order valence-corrected chi connectivity index (χ3v) is 2.48. The Labute approximate surface area is 79.4 Å². The van der Waals surface area contributed by atoms with Crippen LogP contribution in [0.15, 0.2) is 0 Å². The second kappa shape index (κ2) is 5.54. The molecule has 78 valence electrons. The molecular formula is C9H19NO3. The fourth-order valence-corrected chi connectivity index (χ4v) is 1.29. The van der Waals surface area contributed by atoms with Crippen molar-refractivity contribution in [2.24, 2.45) is 0 Å². The summed E-state index contributed by atoms with van der Waals surface area (Å²) in [4.78, 5) is 2.11. The molecule has 1 N–H and O–H groups in total. The quantitative estimate of drug-likeness (QED) is 0.679. The van der Waals surface area contributed by atoms with Crippen molar-refractivity contribution in [3.63, 3.8) is 0 Å². The number of nitrogens with zero attached hydrogens (tertiary/aromatic N) is 1. The van der Waals surface area contributed by atoms with Crippen LogP contribution in [0.2, 0.25) is 0 Å². The molecule has 1 aliphatic heterocycles. The number of ether oxygens (including phenoxy) is 2. The first-order valence-electron chi connectivity index (χ1n) is 4.74. The first-order valence-corrected chi connectivity index (χ1v) is 4.74. The average Bonchev–Trinajstić information content (AvgIpc) is 2.18. The van der Waals surface area contributed by atoms with E-state index in [1.165, 1.54) is 0 Å². The van der Waals surface area contributed by atoms with Crippen molar-refractivity contribution in [1.82, 2.24) is 4.90 Å². The average molecular weight is 189 g/mol. The van der Waals surface area contributed by atoms with Gasteiger partial charge in [-0.05, 0) is 20.4 Å². The lowest BCUT2D eigenvalue weighted by Crippen LogP contribution is -2.40. The van der Waals surface area contributed by atoms with Crippen LogP contribution >= 0.6 is 0 Å². The van der Waals surface area contributed by atoms with Crippen molar-refractivity contribution >= 4 is 0 Å². The second-order valence-corrected chi connectivity index (χ2v) is 3.57. The molecule has 0 saturated carbocycles. The Morgan fingerprint density at radius 3 is 2.92 bits per heavy atom. The molecule has 13 heavy (non-hydrogen) atoms. The molecule has 4 heteroatoms. The number of hydrogen-bond acceptors (Lipinski definition) is 4. The fourth-order valence-electron chi connectivity index (χ4n) is 1.29. The first kappa shape index (κ1) is 10.9. The van der Waals surface area contributed by atoms with Crippen LogP contribution in [0, 0.1) is 0 Å². The van der Waals surface area contributed by atoms with E-state index in [-0.39, 0.29) is 18.8 Å². The molecule has 1 rings (SSSR count). The van der Waals surface area contributed by atoms with Crippen molar-refractivity contribution in [2.45, 2.75) is 25.5 Å². The number of hydrogen-bond donors (Lipinski definition) is 1. The summed E-state index contributed by atoms with van der Waals surface area (Å²) in [6.45, 7) is 4.25. The van der Waals surface area contributed by atoms with E-state index in [2.05, 4.69) is 4.90 Å². The van der Waals surface area contributed by atoms with Gasteiger partial charge in [-0.1, -0.05) is 0 Å². The van der Waals surface area contributed by atoms with Crippen LogP contribution in [0.25, 0.3) is 0 Å².